The van der Waals surface area contributed by atoms with Crippen LogP contribution in [0.1, 0.15) is 43.9 Å². The summed E-state index contributed by atoms with van der Waals surface area (Å²) in [5, 5.41) is 1.05. The predicted octanol–water partition coefficient (Wildman–Crippen LogP) is 4.92. The number of hydrogen-bond donors (Lipinski definition) is 0. The number of benzene rings is 2. The van der Waals surface area contributed by atoms with Gasteiger partial charge in [0, 0.05) is 4.88 Å². The molecule has 0 spiro atoms. The van der Waals surface area contributed by atoms with E-state index in [9.17, 15) is 9.59 Å². The molecule has 6 heteroatoms. The number of para-hydroxylation sites is 1. The first-order chi connectivity index (χ1) is 14.0. The summed E-state index contributed by atoms with van der Waals surface area (Å²) in [7, 11) is 0. The molecule has 0 bridgehead atoms. The minimum Gasteiger partial charge on any atom is -0.450 e. The van der Waals surface area contributed by atoms with Crippen LogP contribution in [0.4, 0.5) is 5.13 Å². The fraction of sp³-hybridized carbons (Fsp3) is 0.174. The number of hydrogen-bond acceptors (Lipinski definition) is 5. The summed E-state index contributed by atoms with van der Waals surface area (Å²) < 4.78 is 5.95. The van der Waals surface area contributed by atoms with E-state index in [1.807, 2.05) is 45.0 Å². The third-order valence-corrected chi connectivity index (χ3v) is 6.47. The van der Waals surface area contributed by atoms with Crippen LogP contribution < -0.4 is 10.3 Å². The summed E-state index contributed by atoms with van der Waals surface area (Å²) in [6, 6.07) is 14.4. The monoisotopic (exact) mass is 402 g/mol. The van der Waals surface area contributed by atoms with Crippen molar-refractivity contribution in [2.75, 3.05) is 4.90 Å². The van der Waals surface area contributed by atoms with Gasteiger partial charge in [0.1, 0.15) is 5.58 Å². The van der Waals surface area contributed by atoms with Crippen molar-refractivity contribution in [3.8, 4) is 0 Å². The average Bonchev–Trinajstić information content (AvgIpc) is 3.19. The zero-order valence-electron chi connectivity index (χ0n) is 16.2. The normalized spacial score (nSPS) is 15.9. The van der Waals surface area contributed by atoms with Gasteiger partial charge in [-0.1, -0.05) is 42.0 Å². The second-order valence-corrected chi connectivity index (χ2v) is 8.48. The number of carbonyl (C=O) groups excluding carboxylic acids is 1. The first-order valence-electron chi connectivity index (χ1n) is 9.35. The van der Waals surface area contributed by atoms with Crippen LogP contribution in [-0.4, -0.2) is 10.9 Å². The molecule has 0 fully saturated rings. The number of aryl methyl sites for hydroxylation is 3. The Bertz CT molecular complexity index is 1320. The molecule has 5 rings (SSSR count). The molecule has 5 nitrogen and oxygen atoms in total. The lowest BCUT2D eigenvalue weighted by Gasteiger charge is -2.22. The molecule has 0 saturated heterocycles. The molecule has 0 saturated carbocycles. The van der Waals surface area contributed by atoms with Gasteiger partial charge in [-0.15, -0.1) is 11.3 Å². The fourth-order valence-corrected chi connectivity index (χ4v) is 4.68. The van der Waals surface area contributed by atoms with Crippen molar-refractivity contribution in [1.29, 1.82) is 0 Å². The van der Waals surface area contributed by atoms with Gasteiger partial charge < -0.3 is 4.42 Å². The molecular weight excluding hydrogens is 384 g/mol. The summed E-state index contributed by atoms with van der Waals surface area (Å²) in [5.41, 5.74) is 3.46. The van der Waals surface area contributed by atoms with E-state index in [2.05, 4.69) is 4.98 Å². The van der Waals surface area contributed by atoms with Crippen LogP contribution in [0.25, 0.3) is 11.0 Å². The lowest BCUT2D eigenvalue weighted by Crippen LogP contribution is -2.29. The zero-order chi connectivity index (χ0) is 20.3. The van der Waals surface area contributed by atoms with Gasteiger partial charge in [0.2, 0.25) is 5.76 Å². The van der Waals surface area contributed by atoms with E-state index in [-0.39, 0.29) is 17.1 Å². The number of thiazole rings is 1. The molecule has 0 radical (unpaired) electrons. The number of amides is 1. The maximum absolute atomic E-state index is 13.4. The quantitative estimate of drug-likeness (QED) is 0.477. The highest BCUT2D eigenvalue weighted by molar-refractivity contribution is 7.15. The van der Waals surface area contributed by atoms with Crippen molar-refractivity contribution >= 4 is 33.3 Å². The summed E-state index contributed by atoms with van der Waals surface area (Å²) in [5.74, 6) is -0.230. The molecule has 2 aromatic heterocycles. The number of aromatic nitrogens is 1. The molecule has 144 valence electrons. The Kier molecular flexibility index (Phi) is 3.93. The minimum absolute atomic E-state index is 0.102. The van der Waals surface area contributed by atoms with E-state index in [1.54, 1.807) is 29.2 Å². The van der Waals surface area contributed by atoms with Gasteiger partial charge in [0.15, 0.2) is 10.6 Å². The van der Waals surface area contributed by atoms with Gasteiger partial charge >= 0.3 is 0 Å². The Morgan fingerprint density at radius 3 is 2.41 bits per heavy atom. The Balaban J connectivity index is 1.82. The van der Waals surface area contributed by atoms with Crippen molar-refractivity contribution in [2.24, 2.45) is 0 Å². The third kappa shape index (κ3) is 2.63. The van der Waals surface area contributed by atoms with Crippen molar-refractivity contribution in [3.63, 3.8) is 0 Å². The average molecular weight is 402 g/mol. The van der Waals surface area contributed by atoms with Gasteiger partial charge in [-0.25, -0.2) is 4.98 Å². The summed E-state index contributed by atoms with van der Waals surface area (Å²) in [6.45, 7) is 5.90. The number of nitrogens with zero attached hydrogens (tertiary/aromatic N) is 2. The Labute approximate surface area is 171 Å². The van der Waals surface area contributed by atoms with Gasteiger partial charge in [0.05, 0.1) is 22.7 Å². The first kappa shape index (κ1) is 17.8. The van der Waals surface area contributed by atoms with E-state index in [0.717, 1.165) is 21.7 Å². The van der Waals surface area contributed by atoms with E-state index in [1.165, 1.54) is 11.3 Å². The Hall–Kier alpha value is -3.25. The molecule has 0 N–H and O–H groups in total. The van der Waals surface area contributed by atoms with E-state index in [4.69, 9.17) is 4.42 Å². The summed E-state index contributed by atoms with van der Waals surface area (Å²) in [4.78, 5) is 34.1. The molecule has 1 aliphatic rings. The molecule has 29 heavy (non-hydrogen) atoms. The van der Waals surface area contributed by atoms with Crippen LogP contribution in [0.15, 0.2) is 57.7 Å². The molecule has 0 aliphatic carbocycles. The zero-order valence-corrected chi connectivity index (χ0v) is 17.0. The summed E-state index contributed by atoms with van der Waals surface area (Å²) >= 11 is 1.45. The Morgan fingerprint density at radius 1 is 1.00 bits per heavy atom. The molecule has 1 aliphatic heterocycles. The second-order valence-electron chi connectivity index (χ2n) is 7.30. The highest BCUT2D eigenvalue weighted by Crippen LogP contribution is 2.42. The highest BCUT2D eigenvalue weighted by atomic mass is 32.1. The van der Waals surface area contributed by atoms with Crippen LogP contribution in [-0.2, 0) is 0 Å². The molecule has 4 aromatic rings. The topological polar surface area (TPSA) is 63.4 Å². The standard InChI is InChI=1S/C23H18N2O3S/c1-12-8-10-15(11-9-12)19-18-20(26)16-6-4-5-7-17(16)28-21(18)22(27)25(19)23-24-13(2)14(3)29-23/h4-11,19H,1-3H3. The van der Waals surface area contributed by atoms with Gasteiger partial charge in [-0.05, 0) is 38.5 Å². The van der Waals surface area contributed by atoms with Gasteiger partial charge in [-0.3, -0.25) is 14.5 Å². The number of fused-ring (bicyclic) bond motifs is 2. The van der Waals surface area contributed by atoms with Crippen molar-refractivity contribution in [1.82, 2.24) is 4.98 Å². The highest BCUT2D eigenvalue weighted by Gasteiger charge is 2.44. The maximum Gasteiger partial charge on any atom is 0.297 e. The lowest BCUT2D eigenvalue weighted by atomic mass is 9.98. The molecular formula is C23H18N2O3S. The number of rotatable bonds is 2. The first-order valence-corrected chi connectivity index (χ1v) is 10.2. The molecule has 1 amide bonds. The van der Waals surface area contributed by atoms with Crippen LogP contribution in [0.5, 0.6) is 0 Å². The SMILES string of the molecule is Cc1ccc(C2c3c(oc4ccccc4c3=O)C(=O)N2c2nc(C)c(C)s2)cc1. The van der Waals surface area contributed by atoms with E-state index >= 15 is 0 Å². The molecule has 1 unspecified atom stereocenters. The van der Waals surface area contributed by atoms with E-state index < -0.39 is 6.04 Å². The van der Waals surface area contributed by atoms with Crippen molar-refractivity contribution < 1.29 is 9.21 Å². The number of anilines is 1. The fourth-order valence-electron chi connectivity index (χ4n) is 3.74. The maximum atomic E-state index is 13.4. The van der Waals surface area contributed by atoms with Gasteiger partial charge in [-0.2, -0.15) is 0 Å². The van der Waals surface area contributed by atoms with Crippen LogP contribution >= 0.6 is 11.3 Å². The molecule has 1 atom stereocenters. The smallest absolute Gasteiger partial charge is 0.297 e. The second kappa shape index (κ2) is 6.39. The van der Waals surface area contributed by atoms with Crippen molar-refractivity contribution in [2.45, 2.75) is 26.8 Å². The largest absolute Gasteiger partial charge is 0.450 e. The summed E-state index contributed by atoms with van der Waals surface area (Å²) in [6.07, 6.45) is 0. The van der Waals surface area contributed by atoms with Crippen LogP contribution in [0, 0.1) is 20.8 Å². The minimum atomic E-state index is -0.566. The molecule has 2 aromatic carbocycles. The van der Waals surface area contributed by atoms with Crippen LogP contribution in [0.2, 0.25) is 0 Å². The lowest BCUT2D eigenvalue weighted by molar-refractivity contribution is 0.0971. The van der Waals surface area contributed by atoms with Gasteiger partial charge in [0.25, 0.3) is 5.91 Å². The Morgan fingerprint density at radius 2 is 1.72 bits per heavy atom. The predicted molar refractivity (Wildman–Crippen MR) is 114 cm³/mol. The molecule has 3 heterocycles. The number of carbonyl (C=O) groups is 1. The van der Waals surface area contributed by atoms with Crippen molar-refractivity contribution in [3.05, 3.63) is 91.8 Å². The third-order valence-electron chi connectivity index (χ3n) is 5.39. The van der Waals surface area contributed by atoms with E-state index in [0.29, 0.717) is 21.7 Å². The van der Waals surface area contributed by atoms with Crippen LogP contribution in [0.3, 0.4) is 0 Å².